The van der Waals surface area contributed by atoms with Crippen molar-refractivity contribution < 1.29 is 27.4 Å². The van der Waals surface area contributed by atoms with Gasteiger partial charge >= 0.3 is 6.18 Å². The molecule has 2 aromatic carbocycles. The molecule has 0 radical (unpaired) electrons. The lowest BCUT2D eigenvalue weighted by Crippen LogP contribution is -2.17. The Morgan fingerprint density at radius 2 is 1.72 bits per heavy atom. The molecule has 2 aromatic rings. The van der Waals surface area contributed by atoms with Crippen molar-refractivity contribution in [1.29, 1.82) is 0 Å². The van der Waals surface area contributed by atoms with Crippen LogP contribution in [0.15, 0.2) is 47.6 Å². The van der Waals surface area contributed by atoms with Crippen LogP contribution < -0.4 is 14.9 Å². The number of ether oxygens (including phenoxy) is 2. The maximum atomic E-state index is 12.6. The van der Waals surface area contributed by atoms with Crippen LogP contribution in [0.4, 0.5) is 13.2 Å². The lowest BCUT2D eigenvalue weighted by atomic mass is 10.1. The molecule has 0 heterocycles. The van der Waals surface area contributed by atoms with Gasteiger partial charge in [0, 0.05) is 11.6 Å². The molecule has 0 aliphatic rings. The van der Waals surface area contributed by atoms with Crippen molar-refractivity contribution in [3.05, 3.63) is 59.2 Å². The summed E-state index contributed by atoms with van der Waals surface area (Å²) >= 11 is 0. The van der Waals surface area contributed by atoms with Crippen molar-refractivity contribution in [2.75, 3.05) is 14.2 Å². The van der Waals surface area contributed by atoms with Crippen LogP contribution in [0.25, 0.3) is 0 Å². The zero-order chi connectivity index (χ0) is 18.4. The third kappa shape index (κ3) is 4.97. The summed E-state index contributed by atoms with van der Waals surface area (Å²) in [6.45, 7) is 0. The number of alkyl halides is 3. The summed E-state index contributed by atoms with van der Waals surface area (Å²) in [6, 6.07) is 9.17. The fourth-order valence-corrected chi connectivity index (χ4v) is 1.96. The van der Waals surface area contributed by atoms with Crippen LogP contribution in [0.3, 0.4) is 0 Å². The van der Waals surface area contributed by atoms with E-state index < -0.39 is 17.6 Å². The van der Waals surface area contributed by atoms with Crippen molar-refractivity contribution in [2.45, 2.75) is 6.18 Å². The highest BCUT2D eigenvalue weighted by molar-refractivity contribution is 5.95. The molecule has 0 aliphatic carbocycles. The first kappa shape index (κ1) is 18.3. The zero-order valence-corrected chi connectivity index (χ0v) is 13.4. The number of amides is 1. The molecule has 2 rings (SSSR count). The molecular formula is C17H15F3N2O3. The smallest absolute Gasteiger partial charge is 0.416 e. The maximum absolute atomic E-state index is 12.6. The molecule has 0 fully saturated rings. The average Bonchev–Trinajstić information content (AvgIpc) is 2.60. The first-order valence-corrected chi connectivity index (χ1v) is 7.07. The summed E-state index contributed by atoms with van der Waals surface area (Å²) in [5.41, 5.74) is 1.90. The third-order valence-electron chi connectivity index (χ3n) is 3.21. The molecule has 1 amide bonds. The van der Waals surface area contributed by atoms with Crippen LogP contribution in [-0.2, 0) is 6.18 Å². The Morgan fingerprint density at radius 3 is 2.28 bits per heavy atom. The van der Waals surface area contributed by atoms with Crippen molar-refractivity contribution in [3.8, 4) is 11.5 Å². The maximum Gasteiger partial charge on any atom is 0.416 e. The third-order valence-corrected chi connectivity index (χ3v) is 3.21. The van der Waals surface area contributed by atoms with E-state index in [2.05, 4.69) is 10.5 Å². The molecule has 0 aliphatic heterocycles. The van der Waals surface area contributed by atoms with Gasteiger partial charge in [0.2, 0.25) is 0 Å². The summed E-state index contributed by atoms with van der Waals surface area (Å²) < 4.78 is 48.1. The van der Waals surface area contributed by atoms with Gasteiger partial charge in [0.05, 0.1) is 26.0 Å². The highest BCUT2D eigenvalue weighted by Crippen LogP contribution is 2.29. The molecule has 25 heavy (non-hydrogen) atoms. The van der Waals surface area contributed by atoms with Gasteiger partial charge in [0.25, 0.3) is 5.91 Å². The molecular weight excluding hydrogens is 337 g/mol. The van der Waals surface area contributed by atoms with Gasteiger partial charge < -0.3 is 9.47 Å². The van der Waals surface area contributed by atoms with E-state index in [9.17, 15) is 18.0 Å². The molecule has 0 aromatic heterocycles. The van der Waals surface area contributed by atoms with E-state index in [1.165, 1.54) is 38.5 Å². The summed E-state index contributed by atoms with van der Waals surface area (Å²) in [4.78, 5) is 12.1. The minimum absolute atomic E-state index is 0.207. The van der Waals surface area contributed by atoms with Gasteiger partial charge in [-0.05, 0) is 29.8 Å². The molecule has 0 unspecified atom stereocenters. The van der Waals surface area contributed by atoms with E-state index in [4.69, 9.17) is 9.47 Å². The van der Waals surface area contributed by atoms with E-state index in [1.807, 2.05) is 0 Å². The first-order valence-electron chi connectivity index (χ1n) is 7.07. The predicted molar refractivity (Wildman–Crippen MR) is 86.1 cm³/mol. The molecule has 0 bridgehead atoms. The van der Waals surface area contributed by atoms with E-state index in [1.54, 1.807) is 6.07 Å². The predicted octanol–water partition coefficient (Wildman–Crippen LogP) is 3.49. The molecule has 0 atom stereocenters. The Morgan fingerprint density at radius 1 is 1.08 bits per heavy atom. The Bertz CT molecular complexity index is 767. The topological polar surface area (TPSA) is 59.9 Å². The number of nitrogens with zero attached hydrogens (tertiary/aromatic N) is 1. The van der Waals surface area contributed by atoms with Crippen molar-refractivity contribution in [1.82, 2.24) is 5.43 Å². The van der Waals surface area contributed by atoms with Crippen molar-refractivity contribution in [3.63, 3.8) is 0 Å². The quantitative estimate of drug-likeness (QED) is 0.662. The number of halogens is 3. The van der Waals surface area contributed by atoms with Crippen LogP contribution in [0.5, 0.6) is 11.5 Å². The van der Waals surface area contributed by atoms with Crippen LogP contribution >= 0.6 is 0 Å². The van der Waals surface area contributed by atoms with Crippen LogP contribution in [0, 0.1) is 0 Å². The van der Waals surface area contributed by atoms with Gasteiger partial charge in [0.15, 0.2) is 0 Å². The Balaban J connectivity index is 2.11. The largest absolute Gasteiger partial charge is 0.497 e. The highest BCUT2D eigenvalue weighted by atomic mass is 19.4. The monoisotopic (exact) mass is 352 g/mol. The minimum atomic E-state index is -4.44. The number of benzene rings is 2. The molecule has 8 heteroatoms. The van der Waals surface area contributed by atoms with E-state index in [-0.39, 0.29) is 11.1 Å². The lowest BCUT2D eigenvalue weighted by molar-refractivity contribution is -0.137. The second-order valence-electron chi connectivity index (χ2n) is 4.92. The van der Waals surface area contributed by atoms with E-state index in [0.29, 0.717) is 11.5 Å². The van der Waals surface area contributed by atoms with Crippen molar-refractivity contribution >= 4 is 12.1 Å². The second-order valence-corrected chi connectivity index (χ2v) is 4.92. The summed E-state index contributed by atoms with van der Waals surface area (Å²) in [5.74, 6) is 0.290. The molecule has 0 saturated heterocycles. The highest BCUT2D eigenvalue weighted by Gasteiger charge is 2.30. The van der Waals surface area contributed by atoms with Crippen LogP contribution in [0.1, 0.15) is 21.5 Å². The molecule has 0 spiro atoms. The molecule has 132 valence electrons. The Labute approximate surface area is 142 Å². The normalized spacial score (nSPS) is 11.4. The lowest BCUT2D eigenvalue weighted by Gasteiger charge is -2.07. The minimum Gasteiger partial charge on any atom is -0.497 e. The molecule has 1 N–H and O–H groups in total. The number of methoxy groups -OCH3 is 2. The van der Waals surface area contributed by atoms with Gasteiger partial charge in [-0.3, -0.25) is 4.79 Å². The van der Waals surface area contributed by atoms with Gasteiger partial charge in [-0.2, -0.15) is 18.3 Å². The Kier molecular flexibility index (Phi) is 5.63. The number of hydrazone groups is 1. The zero-order valence-electron chi connectivity index (χ0n) is 13.4. The Hall–Kier alpha value is -3.03. The average molecular weight is 352 g/mol. The summed E-state index contributed by atoms with van der Waals surface area (Å²) in [7, 11) is 2.89. The van der Waals surface area contributed by atoms with Crippen LogP contribution in [0.2, 0.25) is 0 Å². The first-order chi connectivity index (χ1) is 11.8. The number of hydrogen-bond acceptors (Lipinski definition) is 4. The molecule has 0 saturated carbocycles. The van der Waals surface area contributed by atoms with Gasteiger partial charge in [-0.1, -0.05) is 12.1 Å². The standard InChI is InChI=1S/C17H15F3N2O3/c1-24-14-7-12(8-15(9-14)25-2)16(23)22-21-10-11-4-3-5-13(6-11)17(18,19)20/h3-10H,1-2H3,(H,22,23)/b21-10-. The SMILES string of the molecule is COc1cc(OC)cc(C(=O)N/N=C\c2cccc(C(F)(F)F)c2)c1. The van der Waals surface area contributed by atoms with Gasteiger partial charge in [0.1, 0.15) is 11.5 Å². The number of carbonyl (C=O) groups excluding carboxylic acids is 1. The number of hydrogen-bond donors (Lipinski definition) is 1. The second kappa shape index (κ2) is 7.69. The summed E-state index contributed by atoms with van der Waals surface area (Å²) in [5, 5.41) is 3.68. The fraction of sp³-hybridized carbons (Fsp3) is 0.176. The van der Waals surface area contributed by atoms with E-state index >= 15 is 0 Å². The summed E-state index contributed by atoms with van der Waals surface area (Å²) in [6.07, 6.45) is -3.31. The number of rotatable bonds is 5. The van der Waals surface area contributed by atoms with Crippen molar-refractivity contribution in [2.24, 2.45) is 5.10 Å². The van der Waals surface area contributed by atoms with Gasteiger partial charge in [-0.25, -0.2) is 5.43 Å². The number of carbonyl (C=O) groups is 1. The number of nitrogens with one attached hydrogen (secondary N) is 1. The fourth-order valence-electron chi connectivity index (χ4n) is 1.96. The van der Waals surface area contributed by atoms with Crippen LogP contribution in [-0.4, -0.2) is 26.3 Å². The van der Waals surface area contributed by atoms with E-state index in [0.717, 1.165) is 18.3 Å². The molecule has 5 nitrogen and oxygen atoms in total. The van der Waals surface area contributed by atoms with Gasteiger partial charge in [-0.15, -0.1) is 0 Å².